The molecule has 8 heteroatoms. The van der Waals surface area contributed by atoms with E-state index >= 15 is 0 Å². The number of urea groups is 1. The van der Waals surface area contributed by atoms with Gasteiger partial charge in [-0.25, -0.2) is 4.79 Å². The molecule has 2 unspecified atom stereocenters. The van der Waals surface area contributed by atoms with Gasteiger partial charge in [-0.15, -0.1) is 0 Å². The van der Waals surface area contributed by atoms with Crippen molar-refractivity contribution in [1.29, 1.82) is 0 Å². The Morgan fingerprint density at radius 1 is 0.830 bits per heavy atom. The van der Waals surface area contributed by atoms with E-state index in [2.05, 4.69) is 95.1 Å². The van der Waals surface area contributed by atoms with Gasteiger partial charge in [0.1, 0.15) is 6.10 Å². The van der Waals surface area contributed by atoms with Gasteiger partial charge in [0.15, 0.2) is 5.92 Å². The quantitative estimate of drug-likeness (QED) is 0.321. The monoisotopic (exact) mass is 624 g/mol. The Kier molecular flexibility index (Phi) is 6.72. The molecule has 2 aliphatic carbocycles. The normalized spacial score (nSPS) is 24.0. The lowest BCUT2D eigenvalue weighted by atomic mass is 9.86. The van der Waals surface area contributed by atoms with Crippen LogP contribution in [0.4, 0.5) is 4.79 Å². The molecule has 2 aromatic heterocycles. The van der Waals surface area contributed by atoms with Crippen molar-refractivity contribution in [3.05, 3.63) is 105 Å². The Balaban J connectivity index is 1.23. The Labute approximate surface area is 272 Å². The molecule has 0 radical (unpaired) electrons. The van der Waals surface area contributed by atoms with Crippen molar-refractivity contribution in [2.24, 2.45) is 20.0 Å². The number of barbiturate groups is 1. The number of carbonyl (C=O) groups is 3. The van der Waals surface area contributed by atoms with E-state index in [1.165, 1.54) is 41.3 Å². The molecule has 47 heavy (non-hydrogen) atoms. The summed E-state index contributed by atoms with van der Waals surface area (Å²) >= 11 is 0. The van der Waals surface area contributed by atoms with Crippen LogP contribution < -0.4 is 15.9 Å². The van der Waals surface area contributed by atoms with Gasteiger partial charge < -0.3 is 13.9 Å². The maximum absolute atomic E-state index is 13.6. The van der Waals surface area contributed by atoms with E-state index < -0.39 is 29.9 Å². The highest BCUT2D eigenvalue weighted by molar-refractivity contribution is 6.16. The van der Waals surface area contributed by atoms with Crippen molar-refractivity contribution in [2.75, 3.05) is 14.1 Å². The summed E-state index contributed by atoms with van der Waals surface area (Å²) in [6, 6.07) is 12.0. The van der Waals surface area contributed by atoms with E-state index in [1.807, 2.05) is 19.2 Å². The topological polar surface area (TPSA) is 76.8 Å². The molecule has 236 valence electrons. The molecule has 2 aliphatic heterocycles. The first-order chi connectivity index (χ1) is 22.7. The van der Waals surface area contributed by atoms with Crippen LogP contribution in [0.15, 0.2) is 78.1 Å². The number of nitrogens with zero attached hydrogens (tertiary/aromatic N) is 4. The largest absolute Gasteiger partial charge is 0.489 e. The molecule has 8 nitrogen and oxygen atoms in total. The summed E-state index contributed by atoms with van der Waals surface area (Å²) in [5.41, 5.74) is 4.54. The summed E-state index contributed by atoms with van der Waals surface area (Å²) < 4.78 is 11.0. The van der Waals surface area contributed by atoms with Gasteiger partial charge in [-0.05, 0) is 59.7 Å². The van der Waals surface area contributed by atoms with Crippen molar-refractivity contribution >= 4 is 63.8 Å². The van der Waals surface area contributed by atoms with Crippen molar-refractivity contribution in [3.63, 3.8) is 0 Å². The van der Waals surface area contributed by atoms with Crippen LogP contribution in [0, 0.1) is 5.92 Å². The molecule has 0 spiro atoms. The Morgan fingerprint density at radius 2 is 1.57 bits per heavy atom. The molecule has 2 aromatic carbocycles. The van der Waals surface area contributed by atoms with Crippen LogP contribution in [0.25, 0.3) is 46.0 Å². The first-order valence-corrected chi connectivity index (χ1v) is 16.1. The molecule has 4 aromatic rings. The van der Waals surface area contributed by atoms with E-state index in [0.717, 1.165) is 43.4 Å². The lowest BCUT2D eigenvalue weighted by Crippen LogP contribution is -2.60. The van der Waals surface area contributed by atoms with Crippen LogP contribution >= 0.6 is 0 Å². The number of hydrogen-bond acceptors (Lipinski definition) is 4. The number of aryl methyl sites for hydroxylation is 1. The maximum Gasteiger partial charge on any atom is 0.332 e. The van der Waals surface area contributed by atoms with Gasteiger partial charge in [0, 0.05) is 78.4 Å². The lowest BCUT2D eigenvalue weighted by molar-refractivity contribution is -0.152. The molecule has 0 bridgehead atoms. The number of rotatable bonds is 3. The molecule has 2 saturated heterocycles. The summed E-state index contributed by atoms with van der Waals surface area (Å²) in [6.07, 6.45) is 20.4. The van der Waals surface area contributed by atoms with Gasteiger partial charge in [-0.3, -0.25) is 19.4 Å². The van der Waals surface area contributed by atoms with Gasteiger partial charge in [0.05, 0.1) is 5.76 Å². The van der Waals surface area contributed by atoms with Crippen LogP contribution in [0.1, 0.15) is 36.4 Å². The van der Waals surface area contributed by atoms with Crippen molar-refractivity contribution in [2.45, 2.75) is 31.3 Å². The number of ether oxygens (including phenoxy) is 1. The summed E-state index contributed by atoms with van der Waals surface area (Å²) in [7, 11) is 6.97. The van der Waals surface area contributed by atoms with Gasteiger partial charge in [-0.1, -0.05) is 60.7 Å². The number of benzene rings is 2. The average molecular weight is 625 g/mol. The summed E-state index contributed by atoms with van der Waals surface area (Å²) in [6.45, 7) is 0. The first kappa shape index (κ1) is 29.1. The standard InChI is InChI=1S/C39H36N4O4/c1-40-29(27-13-5-9-23-11-7-15-31(40)33(23)27)21-18-25-17-19-26(47-36(25)35-37(44)42(3)39(46)43(4)38(35)45)20-22-30-28-14-6-10-24-12-8-16-32(34(24)28)41(30)2/h5-11,13-16,18,20-22,24,35-36H,12,17,19H2,1-4H3/b25-18-,26-20-,29-21-,30-22-. The van der Waals surface area contributed by atoms with E-state index in [0.29, 0.717) is 24.5 Å². The Hall–Kier alpha value is -5.37. The minimum absolute atomic E-state index is 0.381. The number of amides is 4. The molecule has 4 aliphatic rings. The Bertz CT molecular complexity index is 2320. The molecule has 0 saturated carbocycles. The van der Waals surface area contributed by atoms with Gasteiger partial charge in [0.2, 0.25) is 11.8 Å². The van der Waals surface area contributed by atoms with Crippen LogP contribution in [0.2, 0.25) is 0 Å². The second-order valence-corrected chi connectivity index (χ2v) is 12.9. The van der Waals surface area contributed by atoms with E-state index in [-0.39, 0.29) is 0 Å². The maximum atomic E-state index is 13.6. The third-order valence-corrected chi connectivity index (χ3v) is 10.3. The minimum atomic E-state index is -1.18. The highest BCUT2D eigenvalue weighted by Crippen LogP contribution is 2.35. The van der Waals surface area contributed by atoms with E-state index in [1.54, 1.807) is 0 Å². The predicted molar refractivity (Wildman–Crippen MR) is 184 cm³/mol. The molecule has 2 atom stereocenters. The predicted octanol–water partition coefficient (Wildman–Crippen LogP) is 4.16. The minimum Gasteiger partial charge on any atom is -0.489 e. The molecular weight excluding hydrogens is 588 g/mol. The molecule has 4 amide bonds. The van der Waals surface area contributed by atoms with Crippen molar-refractivity contribution in [1.82, 2.24) is 18.9 Å². The zero-order chi connectivity index (χ0) is 32.6. The van der Waals surface area contributed by atoms with Gasteiger partial charge >= 0.3 is 6.03 Å². The third-order valence-electron chi connectivity index (χ3n) is 10.3. The summed E-state index contributed by atoms with van der Waals surface area (Å²) in [5, 5.41) is 6.84. The highest BCUT2D eigenvalue weighted by Gasteiger charge is 2.49. The number of aromatic nitrogens is 2. The van der Waals surface area contributed by atoms with E-state index in [4.69, 9.17) is 4.74 Å². The fourth-order valence-electron chi connectivity index (χ4n) is 7.81. The number of carbonyl (C=O) groups excluding carboxylic acids is 3. The van der Waals surface area contributed by atoms with Gasteiger partial charge in [0.25, 0.3) is 0 Å². The molecule has 0 N–H and O–H groups in total. The summed E-state index contributed by atoms with van der Waals surface area (Å²) in [4.78, 5) is 41.8. The molecule has 4 heterocycles. The van der Waals surface area contributed by atoms with Crippen LogP contribution in [-0.2, 0) is 28.4 Å². The smallest absolute Gasteiger partial charge is 0.332 e. The van der Waals surface area contributed by atoms with Crippen LogP contribution in [0.5, 0.6) is 0 Å². The first-order valence-electron chi connectivity index (χ1n) is 16.1. The molecule has 8 rings (SSSR count). The number of imide groups is 2. The molecule has 2 fully saturated rings. The zero-order valence-corrected chi connectivity index (χ0v) is 26.9. The van der Waals surface area contributed by atoms with Crippen LogP contribution in [-0.4, -0.2) is 57.0 Å². The van der Waals surface area contributed by atoms with Crippen LogP contribution in [0.3, 0.4) is 0 Å². The average Bonchev–Trinajstić information content (AvgIpc) is 3.53. The summed E-state index contributed by atoms with van der Waals surface area (Å²) in [5.74, 6) is -1.21. The third kappa shape index (κ3) is 4.38. The van der Waals surface area contributed by atoms with Crippen molar-refractivity contribution < 1.29 is 19.1 Å². The number of allylic oxidation sites excluding steroid dienone is 6. The number of hydrogen-bond donors (Lipinski definition) is 0. The highest BCUT2D eigenvalue weighted by atomic mass is 16.5. The zero-order valence-electron chi connectivity index (χ0n) is 26.9. The lowest BCUT2D eigenvalue weighted by Gasteiger charge is -2.39. The molecular formula is C39H36N4O4. The Morgan fingerprint density at radius 3 is 2.36 bits per heavy atom. The second-order valence-electron chi connectivity index (χ2n) is 12.9. The fraction of sp³-hybridized carbons (Fsp3) is 0.256. The van der Waals surface area contributed by atoms with Crippen molar-refractivity contribution in [3.8, 4) is 0 Å². The van der Waals surface area contributed by atoms with Gasteiger partial charge in [-0.2, -0.15) is 0 Å². The van der Waals surface area contributed by atoms with E-state index in [9.17, 15) is 14.4 Å². The second kappa shape index (κ2) is 10.9. The fourth-order valence-corrected chi connectivity index (χ4v) is 7.81. The SMILES string of the molecule is CN1C(=O)C(C2O/C(=C\C=c3\c4c5c(n3C)C=CCC5C=CC=4)CC/C2=C/C=c2/c3cccc4cccc(c43)n2C)C(=O)N(C)C1=O.